The third-order valence-corrected chi connectivity index (χ3v) is 4.87. The van der Waals surface area contributed by atoms with Crippen molar-refractivity contribution in [3.05, 3.63) is 41.7 Å². The number of carbonyl (C=O) groups is 1. The van der Waals surface area contributed by atoms with Crippen molar-refractivity contribution in [2.75, 3.05) is 19.8 Å². The lowest BCUT2D eigenvalue weighted by molar-refractivity contribution is 0.0640. The smallest absolute Gasteiger partial charge is 0.274 e. The number of ether oxygens (including phenoxy) is 1. The summed E-state index contributed by atoms with van der Waals surface area (Å²) in [6.07, 6.45) is 9.14. The van der Waals surface area contributed by atoms with Crippen LogP contribution in [0.1, 0.15) is 47.4 Å². The number of amides is 1. The highest BCUT2D eigenvalue weighted by molar-refractivity contribution is 5.92. The van der Waals surface area contributed by atoms with Crippen LogP contribution in [0, 0.1) is 5.92 Å². The summed E-state index contributed by atoms with van der Waals surface area (Å²) in [5.74, 6) is 0.816. The molecule has 0 aromatic carbocycles. The SMILES string of the molecule is CCOC[C@@H]1CN(C(=O)c2cnccn2)Cc2cnn(CC3CC3)c21. The van der Waals surface area contributed by atoms with Crippen LogP contribution < -0.4 is 0 Å². The molecular formula is C18H23N5O2. The van der Waals surface area contributed by atoms with Crippen molar-refractivity contribution in [3.63, 3.8) is 0 Å². The zero-order valence-electron chi connectivity index (χ0n) is 14.5. The van der Waals surface area contributed by atoms with Crippen LogP contribution in [0.2, 0.25) is 0 Å². The fourth-order valence-corrected chi connectivity index (χ4v) is 3.46. The first kappa shape index (κ1) is 16.2. The molecule has 3 heterocycles. The summed E-state index contributed by atoms with van der Waals surface area (Å²) in [4.78, 5) is 22.8. The molecule has 0 bridgehead atoms. The first-order valence-electron chi connectivity index (χ1n) is 8.94. The molecule has 1 fully saturated rings. The van der Waals surface area contributed by atoms with E-state index in [2.05, 4.69) is 19.7 Å². The van der Waals surface area contributed by atoms with Gasteiger partial charge in [-0.2, -0.15) is 5.10 Å². The molecule has 0 unspecified atom stereocenters. The van der Waals surface area contributed by atoms with Crippen molar-refractivity contribution < 1.29 is 9.53 Å². The third-order valence-electron chi connectivity index (χ3n) is 4.87. The van der Waals surface area contributed by atoms with E-state index in [9.17, 15) is 4.79 Å². The molecule has 0 N–H and O–H groups in total. The summed E-state index contributed by atoms with van der Waals surface area (Å²) < 4.78 is 7.84. The Morgan fingerprint density at radius 3 is 2.92 bits per heavy atom. The van der Waals surface area contributed by atoms with Crippen molar-refractivity contribution in [1.29, 1.82) is 0 Å². The molecule has 1 aliphatic heterocycles. The fourth-order valence-electron chi connectivity index (χ4n) is 3.46. The Labute approximate surface area is 147 Å². The van der Waals surface area contributed by atoms with Crippen molar-refractivity contribution in [1.82, 2.24) is 24.6 Å². The summed E-state index contributed by atoms with van der Waals surface area (Å²) in [5, 5.41) is 4.60. The molecule has 1 saturated carbocycles. The van der Waals surface area contributed by atoms with Crippen LogP contribution in [0.4, 0.5) is 0 Å². The van der Waals surface area contributed by atoms with Gasteiger partial charge in [0.2, 0.25) is 0 Å². The summed E-state index contributed by atoms with van der Waals surface area (Å²) in [6, 6.07) is 0. The van der Waals surface area contributed by atoms with E-state index in [1.165, 1.54) is 24.7 Å². The number of hydrogen-bond acceptors (Lipinski definition) is 5. The zero-order valence-corrected chi connectivity index (χ0v) is 14.5. The van der Waals surface area contributed by atoms with Crippen molar-refractivity contribution in [2.24, 2.45) is 5.92 Å². The third kappa shape index (κ3) is 3.42. The molecule has 2 aliphatic rings. The molecule has 2 aromatic heterocycles. The maximum atomic E-state index is 12.8. The molecule has 1 aliphatic carbocycles. The quantitative estimate of drug-likeness (QED) is 0.802. The first-order valence-corrected chi connectivity index (χ1v) is 8.94. The van der Waals surface area contributed by atoms with Gasteiger partial charge in [-0.15, -0.1) is 0 Å². The molecule has 1 amide bonds. The minimum atomic E-state index is -0.0878. The van der Waals surface area contributed by atoms with Gasteiger partial charge in [0.25, 0.3) is 5.91 Å². The molecule has 0 spiro atoms. The maximum Gasteiger partial charge on any atom is 0.274 e. The van der Waals surface area contributed by atoms with Gasteiger partial charge in [-0.05, 0) is 25.7 Å². The van der Waals surface area contributed by atoms with E-state index >= 15 is 0 Å². The average molecular weight is 341 g/mol. The van der Waals surface area contributed by atoms with Gasteiger partial charge in [-0.3, -0.25) is 14.5 Å². The minimum absolute atomic E-state index is 0.0878. The van der Waals surface area contributed by atoms with Gasteiger partial charge in [0.05, 0.1) is 24.7 Å². The molecule has 7 heteroatoms. The lowest BCUT2D eigenvalue weighted by atomic mass is 9.96. The van der Waals surface area contributed by atoms with Gasteiger partial charge in [0.1, 0.15) is 5.69 Å². The fraction of sp³-hybridized carbons (Fsp3) is 0.556. The van der Waals surface area contributed by atoms with Gasteiger partial charge < -0.3 is 9.64 Å². The van der Waals surface area contributed by atoms with Gasteiger partial charge in [0.15, 0.2) is 0 Å². The van der Waals surface area contributed by atoms with Gasteiger partial charge >= 0.3 is 0 Å². The lowest BCUT2D eigenvalue weighted by Crippen LogP contribution is -2.40. The van der Waals surface area contributed by atoms with Crippen LogP contribution in [0.25, 0.3) is 0 Å². The van der Waals surface area contributed by atoms with Crippen LogP contribution in [0.3, 0.4) is 0 Å². The molecule has 0 saturated heterocycles. The first-order chi connectivity index (χ1) is 12.3. The van der Waals surface area contributed by atoms with E-state index < -0.39 is 0 Å². The van der Waals surface area contributed by atoms with Crippen LogP contribution in [-0.2, 0) is 17.8 Å². The molecule has 4 rings (SSSR count). The molecule has 7 nitrogen and oxygen atoms in total. The number of carbonyl (C=O) groups excluding carboxylic acids is 1. The van der Waals surface area contributed by atoms with Crippen molar-refractivity contribution in [3.8, 4) is 0 Å². The predicted octanol–water partition coefficient (Wildman–Crippen LogP) is 1.86. The number of hydrogen-bond donors (Lipinski definition) is 0. The number of rotatable bonds is 6. The predicted molar refractivity (Wildman–Crippen MR) is 91.0 cm³/mol. The van der Waals surface area contributed by atoms with E-state index in [1.54, 1.807) is 12.4 Å². The number of nitrogens with zero attached hydrogens (tertiary/aromatic N) is 5. The van der Waals surface area contributed by atoms with E-state index in [4.69, 9.17) is 4.74 Å². The van der Waals surface area contributed by atoms with Crippen LogP contribution >= 0.6 is 0 Å². The molecule has 25 heavy (non-hydrogen) atoms. The Bertz CT molecular complexity index is 741. The molecular weight excluding hydrogens is 318 g/mol. The largest absolute Gasteiger partial charge is 0.381 e. The molecule has 1 atom stereocenters. The Kier molecular flexibility index (Phi) is 4.48. The van der Waals surface area contributed by atoms with Crippen LogP contribution in [-0.4, -0.2) is 50.3 Å². The molecule has 132 valence electrons. The van der Waals surface area contributed by atoms with E-state index in [-0.39, 0.29) is 11.8 Å². The highest BCUT2D eigenvalue weighted by atomic mass is 16.5. The van der Waals surface area contributed by atoms with Crippen molar-refractivity contribution >= 4 is 5.91 Å². The number of fused-ring (bicyclic) bond motifs is 1. The Hall–Kier alpha value is -2.28. The summed E-state index contributed by atoms with van der Waals surface area (Å²) in [5.41, 5.74) is 2.74. The van der Waals surface area contributed by atoms with E-state index in [0.717, 1.165) is 18.0 Å². The number of aromatic nitrogens is 4. The van der Waals surface area contributed by atoms with Gasteiger partial charge in [0, 0.05) is 50.1 Å². The standard InChI is InChI=1S/C18H23N5O2/c1-2-25-12-15-11-22(18(24)16-8-19-5-6-20-16)10-14-7-21-23(17(14)15)9-13-3-4-13/h5-8,13,15H,2-4,9-12H2,1H3/t15-/m0/s1. The molecule has 2 aromatic rings. The minimum Gasteiger partial charge on any atom is -0.381 e. The second kappa shape index (κ2) is 6.92. The second-order valence-corrected chi connectivity index (χ2v) is 6.81. The average Bonchev–Trinajstić information content (AvgIpc) is 3.38. The lowest BCUT2D eigenvalue weighted by Gasteiger charge is -2.33. The zero-order chi connectivity index (χ0) is 17.2. The monoisotopic (exact) mass is 341 g/mol. The molecule has 0 radical (unpaired) electrons. The van der Waals surface area contributed by atoms with E-state index in [0.29, 0.717) is 32.0 Å². The Morgan fingerprint density at radius 1 is 1.32 bits per heavy atom. The highest BCUT2D eigenvalue weighted by Gasteiger charge is 2.34. The topological polar surface area (TPSA) is 73.1 Å². The maximum absolute atomic E-state index is 12.8. The van der Waals surface area contributed by atoms with Gasteiger partial charge in [-0.25, -0.2) is 4.98 Å². The summed E-state index contributed by atoms with van der Waals surface area (Å²) >= 11 is 0. The Balaban J connectivity index is 1.59. The summed E-state index contributed by atoms with van der Waals surface area (Å²) in [7, 11) is 0. The summed E-state index contributed by atoms with van der Waals surface area (Å²) in [6.45, 7) is 5.44. The highest BCUT2D eigenvalue weighted by Crippen LogP contribution is 2.34. The normalized spacial score (nSPS) is 19.7. The van der Waals surface area contributed by atoms with Crippen molar-refractivity contribution in [2.45, 2.75) is 38.8 Å². The van der Waals surface area contributed by atoms with Crippen LogP contribution in [0.5, 0.6) is 0 Å². The van der Waals surface area contributed by atoms with Crippen LogP contribution in [0.15, 0.2) is 24.8 Å². The van der Waals surface area contributed by atoms with E-state index in [1.807, 2.05) is 18.0 Å². The van der Waals surface area contributed by atoms with Gasteiger partial charge in [-0.1, -0.05) is 0 Å². The Morgan fingerprint density at radius 2 is 2.20 bits per heavy atom. The second-order valence-electron chi connectivity index (χ2n) is 6.81.